The first-order valence-corrected chi connectivity index (χ1v) is 8.22. The second-order valence-corrected chi connectivity index (χ2v) is 7.11. The summed E-state index contributed by atoms with van der Waals surface area (Å²) >= 11 is 0. The molecule has 0 unspecified atom stereocenters. The molecule has 2 aromatic carbocycles. The molecule has 25 heavy (non-hydrogen) atoms. The molecule has 0 aromatic heterocycles. The van der Waals surface area contributed by atoms with E-state index in [1.165, 1.54) is 0 Å². The summed E-state index contributed by atoms with van der Waals surface area (Å²) in [5.74, 6) is 0. The number of ether oxygens (including phenoxy) is 1. The smallest absolute Gasteiger partial charge is 0.407 e. The van der Waals surface area contributed by atoms with E-state index in [1.807, 2.05) is 63.2 Å². The Bertz CT molecular complexity index is 810. The third-order valence-corrected chi connectivity index (χ3v) is 3.91. The second kappa shape index (κ2) is 6.16. The van der Waals surface area contributed by atoms with Crippen molar-refractivity contribution in [3.63, 3.8) is 0 Å². The minimum atomic E-state index is -0.521. The van der Waals surface area contributed by atoms with Crippen molar-refractivity contribution in [2.45, 2.75) is 26.4 Å². The van der Waals surface area contributed by atoms with E-state index < -0.39 is 11.7 Å². The Kier molecular flexibility index (Phi) is 4.17. The Morgan fingerprint density at radius 3 is 2.00 bits per heavy atom. The number of rotatable bonds is 2. The largest absolute Gasteiger partial charge is 0.444 e. The van der Waals surface area contributed by atoms with Gasteiger partial charge in [-0.25, -0.2) is 4.79 Å². The van der Waals surface area contributed by atoms with Crippen LogP contribution in [-0.2, 0) is 4.74 Å². The van der Waals surface area contributed by atoms with Crippen LogP contribution in [0.4, 0.5) is 16.2 Å². The Morgan fingerprint density at radius 2 is 1.52 bits per heavy atom. The highest BCUT2D eigenvalue weighted by molar-refractivity contribution is 6.02. The summed E-state index contributed by atoms with van der Waals surface area (Å²) in [4.78, 5) is 11.8. The first-order valence-electron chi connectivity index (χ1n) is 8.22. The molecule has 2 aromatic rings. The van der Waals surface area contributed by atoms with Gasteiger partial charge < -0.3 is 21.5 Å². The van der Waals surface area contributed by atoms with E-state index in [2.05, 4.69) is 5.32 Å². The Morgan fingerprint density at radius 1 is 1.00 bits per heavy atom. The van der Waals surface area contributed by atoms with E-state index in [4.69, 9.17) is 16.2 Å². The maximum Gasteiger partial charge on any atom is 0.407 e. The monoisotopic (exact) mass is 337 g/mol. The van der Waals surface area contributed by atoms with Gasteiger partial charge in [-0.3, -0.25) is 0 Å². The van der Waals surface area contributed by atoms with E-state index >= 15 is 0 Å². The minimum absolute atomic E-state index is 0.354. The summed E-state index contributed by atoms with van der Waals surface area (Å²) in [6.45, 7) is 5.85. The molecule has 0 saturated carbocycles. The van der Waals surface area contributed by atoms with Gasteiger partial charge in [0, 0.05) is 17.9 Å². The van der Waals surface area contributed by atoms with Crippen molar-refractivity contribution in [2.75, 3.05) is 18.0 Å². The van der Waals surface area contributed by atoms with E-state index in [9.17, 15) is 4.79 Å². The molecule has 0 bridgehead atoms. The van der Waals surface area contributed by atoms with Crippen LogP contribution in [0.5, 0.6) is 0 Å². The molecular weight excluding hydrogens is 314 g/mol. The lowest BCUT2D eigenvalue weighted by Crippen LogP contribution is -2.32. The predicted octanol–water partition coefficient (Wildman–Crippen LogP) is 3.79. The normalized spacial score (nSPS) is 12.4. The number of anilines is 2. The zero-order chi connectivity index (χ0) is 18.2. The van der Waals surface area contributed by atoms with Crippen molar-refractivity contribution in [3.8, 4) is 11.1 Å². The molecule has 5 N–H and O–H groups in total. The lowest BCUT2D eigenvalue weighted by atomic mass is 10.0. The SMILES string of the molecule is CC(C)(C)OC(=O)NCC=C1c2cc(N)ccc2-c2ccc(N)cc21. The van der Waals surface area contributed by atoms with Crippen molar-refractivity contribution >= 4 is 23.0 Å². The topological polar surface area (TPSA) is 90.4 Å². The molecule has 5 nitrogen and oxygen atoms in total. The molecule has 0 atom stereocenters. The van der Waals surface area contributed by atoms with E-state index in [1.54, 1.807) is 0 Å². The van der Waals surface area contributed by atoms with Crippen LogP contribution in [-0.4, -0.2) is 18.2 Å². The fourth-order valence-corrected chi connectivity index (χ4v) is 2.95. The maximum absolute atomic E-state index is 11.8. The van der Waals surface area contributed by atoms with Crippen LogP contribution in [0.1, 0.15) is 31.9 Å². The van der Waals surface area contributed by atoms with Crippen LogP contribution < -0.4 is 16.8 Å². The molecule has 0 spiro atoms. The Hall–Kier alpha value is -2.95. The number of hydrogen-bond acceptors (Lipinski definition) is 4. The van der Waals surface area contributed by atoms with E-state index in [0.717, 1.165) is 27.8 Å². The van der Waals surface area contributed by atoms with Gasteiger partial charge in [-0.1, -0.05) is 18.2 Å². The minimum Gasteiger partial charge on any atom is -0.444 e. The molecule has 0 aliphatic heterocycles. The molecule has 1 amide bonds. The van der Waals surface area contributed by atoms with Gasteiger partial charge in [0.05, 0.1) is 0 Å². The summed E-state index contributed by atoms with van der Waals surface area (Å²) in [6.07, 6.45) is 1.52. The number of hydrogen-bond donors (Lipinski definition) is 3. The van der Waals surface area contributed by atoms with Crippen LogP contribution >= 0.6 is 0 Å². The zero-order valence-corrected chi connectivity index (χ0v) is 14.7. The van der Waals surface area contributed by atoms with Gasteiger partial charge in [0.2, 0.25) is 0 Å². The van der Waals surface area contributed by atoms with E-state index in [0.29, 0.717) is 17.9 Å². The summed E-state index contributed by atoms with van der Waals surface area (Å²) in [5.41, 5.74) is 18.1. The summed E-state index contributed by atoms with van der Waals surface area (Å²) in [7, 11) is 0. The molecule has 1 aliphatic rings. The predicted molar refractivity (Wildman–Crippen MR) is 102 cm³/mol. The molecule has 130 valence electrons. The molecule has 1 aliphatic carbocycles. The maximum atomic E-state index is 11.8. The van der Waals surface area contributed by atoms with Crippen LogP contribution in [0.25, 0.3) is 16.7 Å². The van der Waals surface area contributed by atoms with Crippen LogP contribution in [0, 0.1) is 0 Å². The van der Waals surface area contributed by atoms with Crippen molar-refractivity contribution < 1.29 is 9.53 Å². The first-order chi connectivity index (χ1) is 11.7. The van der Waals surface area contributed by atoms with Crippen molar-refractivity contribution in [2.24, 2.45) is 0 Å². The average molecular weight is 337 g/mol. The third kappa shape index (κ3) is 3.60. The van der Waals surface area contributed by atoms with Gasteiger partial charge in [0.1, 0.15) is 5.60 Å². The second-order valence-electron chi connectivity index (χ2n) is 7.11. The highest BCUT2D eigenvalue weighted by atomic mass is 16.6. The molecule has 5 heteroatoms. The van der Waals surface area contributed by atoms with Crippen LogP contribution in [0.3, 0.4) is 0 Å². The number of carbonyl (C=O) groups excluding carboxylic acids is 1. The number of benzene rings is 2. The molecule has 3 rings (SSSR count). The summed E-state index contributed by atoms with van der Waals surface area (Å²) in [6, 6.07) is 11.7. The Balaban J connectivity index is 1.89. The number of nitrogens with one attached hydrogen (secondary N) is 1. The number of alkyl carbamates (subject to hydrolysis) is 1. The van der Waals surface area contributed by atoms with Crippen LogP contribution in [0.15, 0.2) is 42.5 Å². The Labute approximate surface area is 147 Å². The fourth-order valence-electron chi connectivity index (χ4n) is 2.95. The highest BCUT2D eigenvalue weighted by Gasteiger charge is 2.23. The summed E-state index contributed by atoms with van der Waals surface area (Å²) in [5, 5.41) is 2.76. The van der Waals surface area contributed by atoms with Crippen molar-refractivity contribution in [3.05, 3.63) is 53.6 Å². The number of fused-ring (bicyclic) bond motifs is 3. The molecule has 0 heterocycles. The van der Waals surface area contributed by atoms with Gasteiger partial charge in [0.15, 0.2) is 0 Å². The van der Waals surface area contributed by atoms with Crippen molar-refractivity contribution in [1.29, 1.82) is 0 Å². The van der Waals surface area contributed by atoms with E-state index in [-0.39, 0.29) is 0 Å². The number of nitrogen functional groups attached to an aromatic ring is 2. The average Bonchev–Trinajstić information content (AvgIpc) is 2.78. The molecule has 0 fully saturated rings. The van der Waals surface area contributed by atoms with Gasteiger partial charge in [-0.2, -0.15) is 0 Å². The molecule has 0 saturated heterocycles. The summed E-state index contributed by atoms with van der Waals surface area (Å²) < 4.78 is 5.26. The molecular formula is C20H23N3O2. The first kappa shape index (κ1) is 16.9. The number of nitrogens with two attached hydrogens (primary N) is 2. The van der Waals surface area contributed by atoms with Gasteiger partial charge >= 0.3 is 6.09 Å². The molecule has 0 radical (unpaired) electrons. The number of amides is 1. The fraction of sp³-hybridized carbons (Fsp3) is 0.250. The lowest BCUT2D eigenvalue weighted by Gasteiger charge is -2.19. The van der Waals surface area contributed by atoms with Gasteiger partial charge in [0.25, 0.3) is 0 Å². The van der Waals surface area contributed by atoms with Gasteiger partial charge in [-0.05, 0) is 72.9 Å². The van der Waals surface area contributed by atoms with Gasteiger partial charge in [-0.15, -0.1) is 0 Å². The van der Waals surface area contributed by atoms with Crippen molar-refractivity contribution in [1.82, 2.24) is 5.32 Å². The number of carbonyl (C=O) groups is 1. The third-order valence-electron chi connectivity index (χ3n) is 3.91. The lowest BCUT2D eigenvalue weighted by molar-refractivity contribution is 0.0534. The zero-order valence-electron chi connectivity index (χ0n) is 14.7. The standard InChI is InChI=1S/C20H23N3O2/c1-20(2,3)25-19(24)23-9-8-16-17-10-12(21)4-6-14(17)15-7-5-13(22)11-18(15)16/h4-8,10-11H,9,21-22H2,1-3H3,(H,23,24). The van der Waals surface area contributed by atoms with Crippen LogP contribution in [0.2, 0.25) is 0 Å². The quantitative estimate of drug-likeness (QED) is 0.621. The highest BCUT2D eigenvalue weighted by Crippen LogP contribution is 2.45.